The summed E-state index contributed by atoms with van der Waals surface area (Å²) in [5, 5.41) is 8.39. The molecule has 7 nitrogen and oxygen atoms in total. The molecule has 4 aromatic rings. The number of rotatable bonds is 9. The summed E-state index contributed by atoms with van der Waals surface area (Å²) < 4.78 is 0. The quantitative estimate of drug-likeness (QED) is 0.231. The van der Waals surface area contributed by atoms with Crippen molar-refractivity contribution in [2.45, 2.75) is 71.5 Å². The minimum atomic E-state index is -1.10. The molecule has 0 radical (unpaired) electrons. The number of carbonyl (C=O) groups excluding carboxylic acids is 2. The normalized spacial score (nSPS) is 14.0. The van der Waals surface area contributed by atoms with E-state index in [1.54, 1.807) is 13.8 Å². The van der Waals surface area contributed by atoms with Crippen molar-refractivity contribution in [2.75, 3.05) is 0 Å². The van der Waals surface area contributed by atoms with Crippen molar-refractivity contribution in [3.8, 4) is 0 Å². The van der Waals surface area contributed by atoms with Crippen molar-refractivity contribution >= 4 is 33.6 Å². The highest BCUT2D eigenvalue weighted by Crippen LogP contribution is 2.26. The number of aromatic amines is 2. The molecular weight excluding hydrogens is 462 g/mol. The topological polar surface area (TPSA) is 116 Å². The van der Waals surface area contributed by atoms with Crippen LogP contribution in [0.5, 0.6) is 0 Å². The fourth-order valence-corrected chi connectivity index (χ4v) is 4.86. The second-order valence-electron chi connectivity index (χ2n) is 11.8. The van der Waals surface area contributed by atoms with E-state index in [0.29, 0.717) is 12.8 Å². The van der Waals surface area contributed by atoms with Crippen LogP contribution in [0.25, 0.3) is 21.8 Å². The van der Waals surface area contributed by atoms with E-state index in [1.165, 1.54) is 0 Å². The van der Waals surface area contributed by atoms with Crippen LogP contribution in [0.3, 0.4) is 0 Å². The zero-order valence-corrected chi connectivity index (χ0v) is 22.4. The molecule has 2 atom stereocenters. The Morgan fingerprint density at radius 1 is 0.811 bits per heavy atom. The summed E-state index contributed by atoms with van der Waals surface area (Å²) in [5.74, 6) is -0.575. The Bertz CT molecular complexity index is 1390. The van der Waals surface area contributed by atoms with Crippen molar-refractivity contribution in [3.63, 3.8) is 0 Å². The lowest BCUT2D eigenvalue weighted by atomic mass is 9.85. The Labute approximate surface area is 218 Å². The van der Waals surface area contributed by atoms with Crippen LogP contribution in [0.1, 0.15) is 52.2 Å². The van der Waals surface area contributed by atoms with E-state index >= 15 is 0 Å². The van der Waals surface area contributed by atoms with Gasteiger partial charge in [0.15, 0.2) is 0 Å². The predicted octanol–water partition coefficient (Wildman–Crippen LogP) is 4.58. The van der Waals surface area contributed by atoms with Crippen LogP contribution in [-0.4, -0.2) is 39.4 Å². The number of nitrogens with two attached hydrogens (primary N) is 1. The third-order valence-corrected chi connectivity index (χ3v) is 6.65. The van der Waals surface area contributed by atoms with Crippen molar-refractivity contribution in [1.29, 1.82) is 0 Å². The maximum atomic E-state index is 13.8. The van der Waals surface area contributed by atoms with E-state index in [-0.39, 0.29) is 23.3 Å². The van der Waals surface area contributed by atoms with Crippen LogP contribution in [0, 0.1) is 5.41 Å². The first-order valence-corrected chi connectivity index (χ1v) is 12.9. The summed E-state index contributed by atoms with van der Waals surface area (Å²) in [5.41, 5.74) is 9.16. The smallest absolute Gasteiger partial charge is 0.243 e. The first kappa shape index (κ1) is 26.5. The highest BCUT2D eigenvalue weighted by molar-refractivity contribution is 5.92. The summed E-state index contributed by atoms with van der Waals surface area (Å²) in [6, 6.07) is 15.3. The van der Waals surface area contributed by atoms with Crippen molar-refractivity contribution in [2.24, 2.45) is 11.1 Å². The molecule has 0 spiro atoms. The van der Waals surface area contributed by atoms with Gasteiger partial charge in [0.05, 0.1) is 5.54 Å². The number of carbonyl (C=O) groups is 2. The molecule has 0 saturated heterocycles. The molecule has 0 saturated carbocycles. The molecule has 4 rings (SSSR count). The molecule has 196 valence electrons. The molecular formula is C30H39N5O2. The zero-order valence-electron chi connectivity index (χ0n) is 22.4. The van der Waals surface area contributed by atoms with E-state index in [4.69, 9.17) is 5.73 Å². The van der Waals surface area contributed by atoms with Gasteiger partial charge in [0, 0.05) is 46.7 Å². The molecule has 0 unspecified atom stereocenters. The van der Waals surface area contributed by atoms with Gasteiger partial charge < -0.3 is 26.3 Å². The standard InChI is InChI=1S/C30H39N5O2/c1-29(2,3)16-21(14-19-17-32-24-12-8-6-10-22(19)24)34-27(36)26(35-28(37)30(4,5)31)15-20-18-33-25-13-9-7-11-23(20)25/h6-13,17-18,21,26,32-33H,14-16,31H2,1-5H3,(H,34,36)(H,35,37)/t21-,26-/m1/s1. The minimum Gasteiger partial charge on any atom is -0.361 e. The molecule has 2 amide bonds. The van der Waals surface area contributed by atoms with Crippen LogP contribution < -0.4 is 16.4 Å². The van der Waals surface area contributed by atoms with Crippen LogP contribution in [0.15, 0.2) is 60.9 Å². The Kier molecular flexibility index (Phi) is 7.46. The molecule has 0 aliphatic heterocycles. The number of hydrogen-bond acceptors (Lipinski definition) is 3. The average Bonchev–Trinajstić information content (AvgIpc) is 3.41. The van der Waals surface area contributed by atoms with Crippen LogP contribution in [0.4, 0.5) is 0 Å². The molecule has 0 bridgehead atoms. The number of amides is 2. The molecule has 7 heteroatoms. The van der Waals surface area contributed by atoms with Crippen molar-refractivity contribution < 1.29 is 9.59 Å². The Hall–Kier alpha value is -3.58. The van der Waals surface area contributed by atoms with E-state index in [1.807, 2.05) is 48.8 Å². The Balaban J connectivity index is 1.60. The molecule has 6 N–H and O–H groups in total. The molecule has 2 aromatic heterocycles. The summed E-state index contributed by atoms with van der Waals surface area (Å²) >= 11 is 0. The lowest BCUT2D eigenvalue weighted by Gasteiger charge is -2.29. The first-order valence-electron chi connectivity index (χ1n) is 12.9. The van der Waals surface area contributed by atoms with Gasteiger partial charge in [-0.3, -0.25) is 9.59 Å². The lowest BCUT2D eigenvalue weighted by Crippen LogP contribution is -2.57. The second kappa shape index (κ2) is 10.4. The summed E-state index contributed by atoms with van der Waals surface area (Å²) in [6.07, 6.45) is 5.75. The number of fused-ring (bicyclic) bond motifs is 2. The van der Waals surface area contributed by atoms with Crippen molar-refractivity contribution in [1.82, 2.24) is 20.6 Å². The monoisotopic (exact) mass is 501 g/mol. The third-order valence-electron chi connectivity index (χ3n) is 6.65. The number of nitrogens with one attached hydrogen (secondary N) is 4. The van der Waals surface area contributed by atoms with Crippen LogP contribution in [-0.2, 0) is 22.4 Å². The van der Waals surface area contributed by atoms with Gasteiger partial charge in [-0.05, 0) is 55.4 Å². The molecule has 0 fully saturated rings. The summed E-state index contributed by atoms with van der Waals surface area (Å²) in [7, 11) is 0. The van der Waals surface area contributed by atoms with E-state index in [9.17, 15) is 9.59 Å². The largest absolute Gasteiger partial charge is 0.361 e. The number of aromatic nitrogens is 2. The number of H-pyrrole nitrogens is 2. The van der Waals surface area contributed by atoms with Gasteiger partial charge >= 0.3 is 0 Å². The molecule has 0 aliphatic rings. The van der Waals surface area contributed by atoms with Crippen molar-refractivity contribution in [3.05, 3.63) is 72.1 Å². The van der Waals surface area contributed by atoms with Crippen LogP contribution >= 0.6 is 0 Å². The van der Waals surface area contributed by atoms with E-state index in [0.717, 1.165) is 39.4 Å². The van der Waals surface area contributed by atoms with Crippen LogP contribution in [0.2, 0.25) is 0 Å². The van der Waals surface area contributed by atoms with E-state index in [2.05, 4.69) is 53.5 Å². The number of para-hydroxylation sites is 2. The molecule has 0 aliphatic carbocycles. The van der Waals surface area contributed by atoms with Gasteiger partial charge in [-0.2, -0.15) is 0 Å². The molecule has 2 heterocycles. The highest BCUT2D eigenvalue weighted by Gasteiger charge is 2.31. The average molecular weight is 502 g/mol. The third kappa shape index (κ3) is 6.60. The molecule has 2 aromatic carbocycles. The Morgan fingerprint density at radius 2 is 1.32 bits per heavy atom. The van der Waals surface area contributed by atoms with Gasteiger partial charge in [-0.15, -0.1) is 0 Å². The zero-order chi connectivity index (χ0) is 26.8. The predicted molar refractivity (Wildman–Crippen MR) is 150 cm³/mol. The van der Waals surface area contributed by atoms with Gasteiger partial charge in [-0.25, -0.2) is 0 Å². The first-order chi connectivity index (χ1) is 17.4. The lowest BCUT2D eigenvalue weighted by molar-refractivity contribution is -0.131. The van der Waals surface area contributed by atoms with Gasteiger partial charge in [0.2, 0.25) is 11.8 Å². The summed E-state index contributed by atoms with van der Waals surface area (Å²) in [6.45, 7) is 9.79. The second-order valence-corrected chi connectivity index (χ2v) is 11.8. The number of hydrogen-bond donors (Lipinski definition) is 5. The molecule has 37 heavy (non-hydrogen) atoms. The SMILES string of the molecule is CC(C)(C)C[C@@H](Cc1c[nH]c2ccccc12)NC(=O)[C@@H](Cc1c[nH]c2ccccc12)NC(=O)C(C)(C)N. The fraction of sp³-hybridized carbons (Fsp3) is 0.400. The van der Waals surface area contributed by atoms with E-state index < -0.39 is 11.6 Å². The fourth-order valence-electron chi connectivity index (χ4n) is 4.86. The van der Waals surface area contributed by atoms with Gasteiger partial charge in [0.25, 0.3) is 0 Å². The maximum Gasteiger partial charge on any atom is 0.243 e. The maximum absolute atomic E-state index is 13.8. The number of benzene rings is 2. The van der Waals surface area contributed by atoms with Gasteiger partial charge in [-0.1, -0.05) is 57.2 Å². The Morgan fingerprint density at radius 3 is 1.84 bits per heavy atom. The van der Waals surface area contributed by atoms with Gasteiger partial charge in [0.1, 0.15) is 6.04 Å². The minimum absolute atomic E-state index is 0.00110. The summed E-state index contributed by atoms with van der Waals surface area (Å²) in [4.78, 5) is 33.2. The highest BCUT2D eigenvalue weighted by atomic mass is 16.2.